The average Bonchev–Trinajstić information content (AvgIpc) is 2.85. The molecule has 2 rings (SSSR count). The number of furan rings is 1. The Bertz CT molecular complexity index is 507. The van der Waals surface area contributed by atoms with Crippen molar-refractivity contribution >= 4 is 22.6 Å². The fourth-order valence-corrected chi connectivity index (χ4v) is 2.69. The first-order valence-corrected chi connectivity index (χ1v) is 7.42. The molecule has 1 unspecified atom stereocenters. The number of hydrogen-bond donors (Lipinski definition) is 1. The van der Waals surface area contributed by atoms with E-state index in [0.29, 0.717) is 6.04 Å². The Morgan fingerprint density at radius 2 is 1.94 bits per heavy atom. The minimum atomic E-state index is 0.310. The van der Waals surface area contributed by atoms with Crippen LogP contribution in [0.5, 0.6) is 0 Å². The van der Waals surface area contributed by atoms with Gasteiger partial charge in [-0.15, -0.1) is 0 Å². The predicted octanol–water partition coefficient (Wildman–Crippen LogP) is 4.61. The topological polar surface area (TPSA) is 25.2 Å². The average molecular weight is 355 g/mol. The third-order valence-corrected chi connectivity index (χ3v) is 3.91. The van der Waals surface area contributed by atoms with E-state index >= 15 is 0 Å². The maximum absolute atomic E-state index is 5.99. The first-order chi connectivity index (χ1) is 8.76. The summed E-state index contributed by atoms with van der Waals surface area (Å²) in [6, 6.07) is 12.7. The second kappa shape index (κ2) is 6.38. The van der Waals surface area contributed by atoms with Crippen molar-refractivity contribution < 1.29 is 4.42 Å². The second-order valence-corrected chi connectivity index (χ2v) is 5.36. The molecule has 0 spiro atoms. The maximum atomic E-state index is 5.99. The number of benzene rings is 1. The van der Waals surface area contributed by atoms with Crippen LogP contribution in [0.4, 0.5) is 0 Å². The van der Waals surface area contributed by atoms with Crippen LogP contribution in [0.2, 0.25) is 0 Å². The van der Waals surface area contributed by atoms with Crippen molar-refractivity contribution in [3.05, 3.63) is 45.7 Å². The first-order valence-electron chi connectivity index (χ1n) is 6.34. The zero-order chi connectivity index (χ0) is 13.0. The molecule has 1 aromatic heterocycles. The number of hydrogen-bond acceptors (Lipinski definition) is 2. The van der Waals surface area contributed by atoms with Crippen molar-refractivity contribution in [1.82, 2.24) is 5.32 Å². The molecule has 0 radical (unpaired) electrons. The molecule has 0 saturated carbocycles. The number of nitrogens with one attached hydrogen (secondary N) is 1. The Hall–Kier alpha value is -0.810. The zero-order valence-corrected chi connectivity index (χ0v) is 12.9. The molecule has 0 aliphatic carbocycles. The van der Waals surface area contributed by atoms with Crippen molar-refractivity contribution in [2.24, 2.45) is 0 Å². The van der Waals surface area contributed by atoms with Crippen LogP contribution >= 0.6 is 22.6 Å². The molecule has 0 amide bonds. The van der Waals surface area contributed by atoms with Crippen molar-refractivity contribution in [1.29, 1.82) is 0 Å². The lowest BCUT2D eigenvalue weighted by molar-refractivity contribution is 0.417. The molecule has 0 saturated heterocycles. The van der Waals surface area contributed by atoms with Gasteiger partial charge in [0, 0.05) is 9.13 Å². The molecule has 3 heteroatoms. The molecule has 0 bridgehead atoms. The summed E-state index contributed by atoms with van der Waals surface area (Å²) < 4.78 is 7.20. The minimum absolute atomic E-state index is 0.310. The van der Waals surface area contributed by atoms with Crippen LogP contribution in [0.25, 0.3) is 11.3 Å². The van der Waals surface area contributed by atoms with Gasteiger partial charge in [-0.25, -0.2) is 0 Å². The summed E-state index contributed by atoms with van der Waals surface area (Å²) in [5.74, 6) is 1.97. The van der Waals surface area contributed by atoms with E-state index in [2.05, 4.69) is 66.0 Å². The Morgan fingerprint density at radius 3 is 2.61 bits per heavy atom. The minimum Gasteiger partial charge on any atom is -0.459 e. The monoisotopic (exact) mass is 355 g/mol. The molecule has 0 aliphatic rings. The largest absolute Gasteiger partial charge is 0.459 e. The van der Waals surface area contributed by atoms with Gasteiger partial charge in [-0.2, -0.15) is 0 Å². The molecule has 18 heavy (non-hydrogen) atoms. The maximum Gasteiger partial charge on any atom is 0.135 e. The van der Waals surface area contributed by atoms with Crippen LogP contribution < -0.4 is 5.32 Å². The fraction of sp³-hybridized carbons (Fsp3) is 0.333. The highest BCUT2D eigenvalue weighted by atomic mass is 127. The lowest BCUT2D eigenvalue weighted by Gasteiger charge is -2.12. The van der Waals surface area contributed by atoms with Gasteiger partial charge < -0.3 is 9.73 Å². The molecule has 2 nitrogen and oxygen atoms in total. The number of halogens is 1. The Labute approximate surface area is 122 Å². The van der Waals surface area contributed by atoms with Gasteiger partial charge in [-0.1, -0.05) is 32.0 Å². The van der Waals surface area contributed by atoms with Crippen molar-refractivity contribution in [3.8, 4) is 11.3 Å². The summed E-state index contributed by atoms with van der Waals surface area (Å²) in [6.07, 6.45) is 1.03. The molecule has 1 atom stereocenters. The van der Waals surface area contributed by atoms with Crippen molar-refractivity contribution in [3.63, 3.8) is 0 Å². The summed E-state index contributed by atoms with van der Waals surface area (Å²) >= 11 is 2.34. The van der Waals surface area contributed by atoms with E-state index in [9.17, 15) is 0 Å². The van der Waals surface area contributed by atoms with Gasteiger partial charge >= 0.3 is 0 Å². The highest BCUT2D eigenvalue weighted by Crippen LogP contribution is 2.29. The van der Waals surface area contributed by atoms with Gasteiger partial charge in [-0.05, 0) is 53.8 Å². The van der Waals surface area contributed by atoms with E-state index < -0.39 is 0 Å². The lowest BCUT2D eigenvalue weighted by Crippen LogP contribution is -2.19. The smallest absolute Gasteiger partial charge is 0.135 e. The first kappa shape index (κ1) is 13.6. The Morgan fingerprint density at radius 1 is 1.17 bits per heavy atom. The lowest BCUT2D eigenvalue weighted by atomic mass is 10.1. The van der Waals surface area contributed by atoms with Crippen LogP contribution in [0.1, 0.15) is 32.1 Å². The molecular formula is C15H18INO. The third kappa shape index (κ3) is 2.95. The van der Waals surface area contributed by atoms with Crippen molar-refractivity contribution in [2.45, 2.75) is 26.3 Å². The molecule has 2 aromatic rings. The van der Waals surface area contributed by atoms with Gasteiger partial charge in [-0.3, -0.25) is 0 Å². The van der Waals surface area contributed by atoms with Gasteiger partial charge in [0.1, 0.15) is 11.5 Å². The van der Waals surface area contributed by atoms with Crippen LogP contribution in [-0.4, -0.2) is 6.54 Å². The van der Waals surface area contributed by atoms with E-state index in [-0.39, 0.29) is 0 Å². The van der Waals surface area contributed by atoms with Gasteiger partial charge in [0.15, 0.2) is 0 Å². The van der Waals surface area contributed by atoms with Crippen LogP contribution in [0.3, 0.4) is 0 Å². The normalized spacial score (nSPS) is 12.6. The van der Waals surface area contributed by atoms with Crippen LogP contribution in [0, 0.1) is 3.57 Å². The van der Waals surface area contributed by atoms with Gasteiger partial charge in [0.25, 0.3) is 0 Å². The predicted molar refractivity (Wildman–Crippen MR) is 83.6 cm³/mol. The number of rotatable bonds is 5. The molecule has 0 aliphatic heterocycles. The second-order valence-electron chi connectivity index (χ2n) is 4.20. The molecule has 0 fully saturated rings. The third-order valence-electron chi connectivity index (χ3n) is 2.97. The van der Waals surface area contributed by atoms with Gasteiger partial charge in [0.05, 0.1) is 6.04 Å². The summed E-state index contributed by atoms with van der Waals surface area (Å²) in [5.41, 5.74) is 1.16. The standard InChI is InChI=1S/C15H18INO/c1-3-13(17-4-2)15-10-9-14(18-15)11-7-5-6-8-12(11)16/h5-10,13,17H,3-4H2,1-2H3. The Kier molecular flexibility index (Phi) is 4.83. The van der Waals surface area contributed by atoms with E-state index in [1.807, 2.05) is 12.1 Å². The quantitative estimate of drug-likeness (QED) is 0.793. The molecule has 1 N–H and O–H groups in total. The highest BCUT2D eigenvalue weighted by molar-refractivity contribution is 14.1. The zero-order valence-electron chi connectivity index (χ0n) is 10.7. The van der Waals surface area contributed by atoms with E-state index in [1.165, 1.54) is 3.57 Å². The summed E-state index contributed by atoms with van der Waals surface area (Å²) in [5, 5.41) is 3.43. The molecule has 96 valence electrons. The SMILES string of the molecule is CCNC(CC)c1ccc(-c2ccccc2I)o1. The van der Waals surface area contributed by atoms with Crippen molar-refractivity contribution in [2.75, 3.05) is 6.54 Å². The summed E-state index contributed by atoms with van der Waals surface area (Å²) in [6.45, 7) is 5.24. The van der Waals surface area contributed by atoms with Crippen LogP contribution in [0.15, 0.2) is 40.8 Å². The van der Waals surface area contributed by atoms with Crippen LogP contribution in [-0.2, 0) is 0 Å². The molecule has 1 aromatic carbocycles. The summed E-state index contributed by atoms with van der Waals surface area (Å²) in [7, 11) is 0. The van der Waals surface area contributed by atoms with Gasteiger partial charge in [0.2, 0.25) is 0 Å². The van der Waals surface area contributed by atoms with E-state index in [0.717, 1.165) is 30.0 Å². The fourth-order valence-electron chi connectivity index (χ4n) is 2.04. The summed E-state index contributed by atoms with van der Waals surface area (Å²) in [4.78, 5) is 0. The highest BCUT2D eigenvalue weighted by Gasteiger charge is 2.14. The molecule has 1 heterocycles. The molecular weight excluding hydrogens is 337 g/mol. The Balaban J connectivity index is 2.28. The van der Waals surface area contributed by atoms with E-state index in [1.54, 1.807) is 0 Å². The van der Waals surface area contributed by atoms with E-state index in [4.69, 9.17) is 4.42 Å².